The molecule has 0 radical (unpaired) electrons. The van der Waals surface area contributed by atoms with Crippen LogP contribution in [0.1, 0.15) is 16.8 Å². The predicted molar refractivity (Wildman–Crippen MR) is 90.0 cm³/mol. The largest absolute Gasteiger partial charge is 0.369 e. The quantitative estimate of drug-likeness (QED) is 0.780. The van der Waals surface area contributed by atoms with Crippen molar-refractivity contribution in [3.05, 3.63) is 76.2 Å². The molecule has 1 aliphatic rings. The Morgan fingerprint density at radius 1 is 1.13 bits per heavy atom. The standard InChI is InChI=1S/C18H15ClFN3/c19-16-4-2-1-3-12(16)11-17-15-9-10-21-18(15)23(22-17)14-7-5-13(20)6-8-14/h1-8,21H,9-11H2. The number of anilines is 1. The third-order valence-electron chi connectivity index (χ3n) is 4.12. The lowest BCUT2D eigenvalue weighted by Gasteiger charge is -2.06. The van der Waals surface area contributed by atoms with E-state index in [2.05, 4.69) is 5.32 Å². The maximum atomic E-state index is 13.2. The van der Waals surface area contributed by atoms with Crippen LogP contribution in [0.3, 0.4) is 0 Å². The lowest BCUT2D eigenvalue weighted by molar-refractivity contribution is 0.627. The van der Waals surface area contributed by atoms with Gasteiger partial charge < -0.3 is 5.32 Å². The SMILES string of the molecule is Fc1ccc(-n2nc(Cc3ccccc3Cl)c3c2NCC3)cc1. The van der Waals surface area contributed by atoms with Gasteiger partial charge in [-0.2, -0.15) is 5.10 Å². The summed E-state index contributed by atoms with van der Waals surface area (Å²) in [4.78, 5) is 0. The lowest BCUT2D eigenvalue weighted by atomic mass is 10.1. The van der Waals surface area contributed by atoms with Gasteiger partial charge in [-0.3, -0.25) is 0 Å². The molecule has 3 aromatic rings. The molecule has 1 N–H and O–H groups in total. The summed E-state index contributed by atoms with van der Waals surface area (Å²) < 4.78 is 15.0. The Hall–Kier alpha value is -2.33. The molecule has 0 unspecified atom stereocenters. The van der Waals surface area contributed by atoms with Crippen LogP contribution in [0.5, 0.6) is 0 Å². The van der Waals surface area contributed by atoms with Crippen LogP contribution in [0, 0.1) is 5.82 Å². The van der Waals surface area contributed by atoms with Crippen LogP contribution in [-0.4, -0.2) is 16.3 Å². The van der Waals surface area contributed by atoms with E-state index in [0.29, 0.717) is 6.42 Å². The molecule has 2 aromatic carbocycles. The molecular weight excluding hydrogens is 313 g/mol. The summed E-state index contributed by atoms with van der Waals surface area (Å²) in [6.45, 7) is 0.893. The van der Waals surface area contributed by atoms with E-state index in [4.69, 9.17) is 16.7 Å². The lowest BCUT2D eigenvalue weighted by Crippen LogP contribution is -2.05. The maximum Gasteiger partial charge on any atom is 0.133 e. The van der Waals surface area contributed by atoms with Crippen LogP contribution >= 0.6 is 11.6 Å². The van der Waals surface area contributed by atoms with Crippen molar-refractivity contribution in [2.75, 3.05) is 11.9 Å². The zero-order chi connectivity index (χ0) is 15.8. The molecule has 5 heteroatoms. The number of hydrogen-bond acceptors (Lipinski definition) is 2. The van der Waals surface area contributed by atoms with E-state index >= 15 is 0 Å². The fourth-order valence-corrected chi connectivity index (χ4v) is 3.18. The first-order valence-corrected chi connectivity index (χ1v) is 7.94. The number of nitrogens with one attached hydrogen (secondary N) is 1. The van der Waals surface area contributed by atoms with Crippen LogP contribution < -0.4 is 5.32 Å². The van der Waals surface area contributed by atoms with Gasteiger partial charge in [0.1, 0.15) is 11.6 Å². The molecule has 1 aromatic heterocycles. The van der Waals surface area contributed by atoms with Crippen LogP contribution in [-0.2, 0) is 12.8 Å². The summed E-state index contributed by atoms with van der Waals surface area (Å²) in [5.41, 5.74) is 4.15. The van der Waals surface area contributed by atoms with Crippen molar-refractivity contribution in [1.29, 1.82) is 0 Å². The van der Waals surface area contributed by atoms with E-state index in [1.807, 2.05) is 28.9 Å². The number of halogens is 2. The Morgan fingerprint density at radius 3 is 2.70 bits per heavy atom. The Balaban J connectivity index is 1.76. The third-order valence-corrected chi connectivity index (χ3v) is 4.49. The highest BCUT2D eigenvalue weighted by Gasteiger charge is 2.23. The third kappa shape index (κ3) is 2.59. The Kier molecular flexibility index (Phi) is 3.54. The van der Waals surface area contributed by atoms with Gasteiger partial charge in [-0.05, 0) is 42.3 Å². The fraction of sp³-hybridized carbons (Fsp3) is 0.167. The molecule has 0 aliphatic carbocycles. The van der Waals surface area contributed by atoms with E-state index in [1.165, 1.54) is 17.7 Å². The molecule has 0 spiro atoms. The topological polar surface area (TPSA) is 29.9 Å². The number of hydrogen-bond donors (Lipinski definition) is 1. The van der Waals surface area contributed by atoms with Gasteiger partial charge >= 0.3 is 0 Å². The van der Waals surface area contributed by atoms with E-state index in [1.54, 1.807) is 12.1 Å². The van der Waals surface area contributed by atoms with Gasteiger partial charge in [-0.15, -0.1) is 0 Å². The van der Waals surface area contributed by atoms with Crippen molar-refractivity contribution in [3.8, 4) is 5.69 Å². The minimum atomic E-state index is -0.248. The molecule has 4 rings (SSSR count). The van der Waals surface area contributed by atoms with Gasteiger partial charge in [0.2, 0.25) is 0 Å². The highest BCUT2D eigenvalue weighted by atomic mass is 35.5. The first kappa shape index (κ1) is 14.3. The number of benzene rings is 2. The van der Waals surface area contributed by atoms with Crippen molar-refractivity contribution in [3.63, 3.8) is 0 Å². The zero-order valence-corrected chi connectivity index (χ0v) is 13.1. The predicted octanol–water partition coefficient (Wildman–Crippen LogP) is 4.22. The monoisotopic (exact) mass is 327 g/mol. The molecule has 1 aliphatic heterocycles. The molecule has 2 heterocycles. The molecule has 0 saturated carbocycles. The highest BCUT2D eigenvalue weighted by molar-refractivity contribution is 6.31. The summed E-state index contributed by atoms with van der Waals surface area (Å²) in [5, 5.41) is 8.87. The smallest absolute Gasteiger partial charge is 0.133 e. The second-order valence-electron chi connectivity index (χ2n) is 5.61. The van der Waals surface area contributed by atoms with Gasteiger partial charge in [0, 0.05) is 23.6 Å². The minimum Gasteiger partial charge on any atom is -0.369 e. The number of rotatable bonds is 3. The van der Waals surface area contributed by atoms with Gasteiger partial charge in [0.25, 0.3) is 0 Å². The van der Waals surface area contributed by atoms with Crippen LogP contribution in [0.4, 0.5) is 10.2 Å². The molecule has 0 saturated heterocycles. The normalized spacial score (nSPS) is 13.0. The highest BCUT2D eigenvalue weighted by Crippen LogP contribution is 2.31. The van der Waals surface area contributed by atoms with Crippen molar-refractivity contribution in [2.45, 2.75) is 12.8 Å². The fourth-order valence-electron chi connectivity index (χ4n) is 2.98. The Bertz CT molecular complexity index is 855. The first-order valence-electron chi connectivity index (χ1n) is 7.56. The second kappa shape index (κ2) is 5.70. The molecule has 116 valence electrons. The van der Waals surface area contributed by atoms with Gasteiger partial charge in [-0.1, -0.05) is 29.8 Å². The van der Waals surface area contributed by atoms with Crippen LogP contribution in [0.15, 0.2) is 48.5 Å². The Labute approximate surface area is 138 Å². The second-order valence-corrected chi connectivity index (χ2v) is 6.01. The number of aromatic nitrogens is 2. The molecule has 0 amide bonds. The average molecular weight is 328 g/mol. The summed E-state index contributed by atoms with van der Waals surface area (Å²) in [6.07, 6.45) is 1.63. The van der Waals surface area contributed by atoms with Crippen molar-refractivity contribution in [1.82, 2.24) is 9.78 Å². The van der Waals surface area contributed by atoms with Crippen molar-refractivity contribution >= 4 is 17.4 Å². The summed E-state index contributed by atoms with van der Waals surface area (Å²) in [5.74, 6) is 0.750. The van der Waals surface area contributed by atoms with E-state index in [-0.39, 0.29) is 5.82 Å². The van der Waals surface area contributed by atoms with Gasteiger partial charge in [0.05, 0.1) is 11.4 Å². The van der Waals surface area contributed by atoms with Crippen molar-refractivity contribution < 1.29 is 4.39 Å². The first-order chi connectivity index (χ1) is 11.2. The molecule has 3 nitrogen and oxygen atoms in total. The minimum absolute atomic E-state index is 0.248. The molecule has 23 heavy (non-hydrogen) atoms. The maximum absolute atomic E-state index is 13.2. The van der Waals surface area contributed by atoms with Crippen molar-refractivity contribution in [2.24, 2.45) is 0 Å². The number of nitrogens with zero attached hydrogens (tertiary/aromatic N) is 2. The van der Waals surface area contributed by atoms with Crippen LogP contribution in [0.25, 0.3) is 5.69 Å². The number of fused-ring (bicyclic) bond motifs is 1. The van der Waals surface area contributed by atoms with E-state index < -0.39 is 0 Å². The van der Waals surface area contributed by atoms with Crippen LogP contribution in [0.2, 0.25) is 5.02 Å². The van der Waals surface area contributed by atoms with E-state index in [0.717, 1.165) is 40.8 Å². The summed E-state index contributed by atoms with van der Waals surface area (Å²) >= 11 is 6.27. The Morgan fingerprint density at radius 2 is 1.91 bits per heavy atom. The zero-order valence-electron chi connectivity index (χ0n) is 12.4. The van der Waals surface area contributed by atoms with Gasteiger partial charge in [0.15, 0.2) is 0 Å². The molecule has 0 atom stereocenters. The molecule has 0 fully saturated rings. The summed E-state index contributed by atoms with van der Waals surface area (Å²) in [7, 11) is 0. The molecule has 0 bridgehead atoms. The van der Waals surface area contributed by atoms with Gasteiger partial charge in [-0.25, -0.2) is 9.07 Å². The van der Waals surface area contributed by atoms with E-state index in [9.17, 15) is 4.39 Å². The average Bonchev–Trinajstić information content (AvgIpc) is 3.14. The summed E-state index contributed by atoms with van der Waals surface area (Å²) in [6, 6.07) is 14.2. The molecular formula is C18H15ClFN3.